The van der Waals surface area contributed by atoms with Crippen molar-refractivity contribution in [3.05, 3.63) is 40.4 Å². The van der Waals surface area contributed by atoms with E-state index in [0.717, 1.165) is 23.7 Å². The predicted octanol–water partition coefficient (Wildman–Crippen LogP) is 2.95. The molecule has 5 nitrogen and oxygen atoms in total. The number of rotatable bonds is 5. The first-order valence-electron chi connectivity index (χ1n) is 9.07. The van der Waals surface area contributed by atoms with Crippen molar-refractivity contribution in [2.45, 2.75) is 43.9 Å². The molecular weight excluding hydrogens is 334 g/mol. The van der Waals surface area contributed by atoms with Gasteiger partial charge in [0.05, 0.1) is 16.7 Å². The first kappa shape index (κ1) is 16.6. The number of H-pyrrole nitrogens is 1. The van der Waals surface area contributed by atoms with Crippen molar-refractivity contribution < 1.29 is 4.79 Å². The van der Waals surface area contributed by atoms with E-state index in [2.05, 4.69) is 14.9 Å². The first-order chi connectivity index (χ1) is 12.2. The molecule has 132 valence electrons. The van der Waals surface area contributed by atoms with Gasteiger partial charge < -0.3 is 9.88 Å². The highest BCUT2D eigenvalue weighted by molar-refractivity contribution is 7.98. The zero-order chi connectivity index (χ0) is 17.2. The lowest BCUT2D eigenvalue weighted by atomic mass is 10.0. The van der Waals surface area contributed by atoms with Gasteiger partial charge in [-0.2, -0.15) is 11.8 Å². The molecule has 1 saturated heterocycles. The van der Waals surface area contributed by atoms with Crippen LogP contribution in [0.3, 0.4) is 0 Å². The molecule has 2 atom stereocenters. The van der Waals surface area contributed by atoms with Gasteiger partial charge in [-0.1, -0.05) is 18.6 Å². The second-order valence-corrected chi connectivity index (χ2v) is 8.07. The number of likely N-dealkylation sites (tertiary alicyclic amines) is 1. The third-order valence-electron chi connectivity index (χ3n) is 5.44. The topological polar surface area (TPSA) is 66.1 Å². The van der Waals surface area contributed by atoms with Crippen molar-refractivity contribution in [3.8, 4) is 0 Å². The molecule has 2 aliphatic rings. The number of aromatic amines is 1. The van der Waals surface area contributed by atoms with Gasteiger partial charge in [0.2, 0.25) is 5.91 Å². The van der Waals surface area contributed by atoms with E-state index >= 15 is 0 Å². The SMILES string of the molecule is O=C(CCSCc1nc2ccccc2c(=O)[nH]1)N1CCC2CCCC21. The minimum Gasteiger partial charge on any atom is -0.339 e. The molecule has 1 N–H and O–H groups in total. The zero-order valence-electron chi connectivity index (χ0n) is 14.2. The number of para-hydroxylation sites is 1. The molecule has 0 radical (unpaired) electrons. The molecule has 0 bridgehead atoms. The van der Waals surface area contributed by atoms with Crippen LogP contribution >= 0.6 is 11.8 Å². The van der Waals surface area contributed by atoms with E-state index in [1.54, 1.807) is 17.8 Å². The molecule has 0 spiro atoms. The molecule has 1 aromatic heterocycles. The minimum absolute atomic E-state index is 0.0957. The van der Waals surface area contributed by atoms with Crippen LogP contribution in [0.15, 0.2) is 29.1 Å². The first-order valence-corrected chi connectivity index (χ1v) is 10.2. The largest absolute Gasteiger partial charge is 0.339 e. The molecule has 2 heterocycles. The summed E-state index contributed by atoms with van der Waals surface area (Å²) in [6.07, 6.45) is 5.52. The number of nitrogens with one attached hydrogen (secondary N) is 1. The van der Waals surface area contributed by atoms with Crippen LogP contribution in [0.25, 0.3) is 10.9 Å². The number of carbonyl (C=O) groups excluding carboxylic acids is 1. The number of aromatic nitrogens is 2. The highest BCUT2D eigenvalue weighted by Crippen LogP contribution is 2.38. The fourth-order valence-electron chi connectivity index (χ4n) is 4.22. The molecule has 1 aliphatic heterocycles. The molecule has 25 heavy (non-hydrogen) atoms. The van der Waals surface area contributed by atoms with Gasteiger partial charge in [0.25, 0.3) is 5.56 Å². The second-order valence-electron chi connectivity index (χ2n) is 6.97. The number of benzene rings is 1. The summed E-state index contributed by atoms with van der Waals surface area (Å²) in [5.41, 5.74) is 0.629. The summed E-state index contributed by atoms with van der Waals surface area (Å²) in [7, 11) is 0. The molecule has 1 aromatic carbocycles. The van der Waals surface area contributed by atoms with E-state index in [-0.39, 0.29) is 5.56 Å². The number of hydrogen-bond acceptors (Lipinski definition) is 4. The predicted molar refractivity (Wildman–Crippen MR) is 101 cm³/mol. The van der Waals surface area contributed by atoms with Gasteiger partial charge in [-0.05, 0) is 37.3 Å². The maximum atomic E-state index is 12.5. The highest BCUT2D eigenvalue weighted by atomic mass is 32.2. The molecule has 6 heteroatoms. The van der Waals surface area contributed by atoms with Gasteiger partial charge in [-0.3, -0.25) is 9.59 Å². The van der Waals surface area contributed by atoms with Crippen LogP contribution in [0.2, 0.25) is 0 Å². The van der Waals surface area contributed by atoms with Crippen LogP contribution in [-0.2, 0) is 10.5 Å². The molecule has 2 fully saturated rings. The normalized spacial score (nSPS) is 22.5. The van der Waals surface area contributed by atoms with Crippen molar-refractivity contribution in [3.63, 3.8) is 0 Å². The van der Waals surface area contributed by atoms with E-state index < -0.39 is 0 Å². The summed E-state index contributed by atoms with van der Waals surface area (Å²) in [6.45, 7) is 0.943. The van der Waals surface area contributed by atoms with Crippen molar-refractivity contribution >= 4 is 28.6 Å². The Morgan fingerprint density at radius 2 is 2.16 bits per heavy atom. The molecule has 1 saturated carbocycles. The van der Waals surface area contributed by atoms with Crippen molar-refractivity contribution in [2.75, 3.05) is 12.3 Å². The monoisotopic (exact) mass is 357 g/mol. The van der Waals surface area contributed by atoms with Crippen LogP contribution in [0.4, 0.5) is 0 Å². The number of amides is 1. The van der Waals surface area contributed by atoms with Gasteiger partial charge in [-0.15, -0.1) is 0 Å². The molecule has 1 amide bonds. The van der Waals surface area contributed by atoms with Crippen LogP contribution in [0.1, 0.15) is 37.9 Å². The zero-order valence-corrected chi connectivity index (χ0v) is 15.1. The number of carbonyl (C=O) groups is 1. The van der Waals surface area contributed by atoms with Crippen molar-refractivity contribution in [2.24, 2.45) is 5.92 Å². The van der Waals surface area contributed by atoms with Gasteiger partial charge in [0.1, 0.15) is 5.82 Å². The lowest BCUT2D eigenvalue weighted by Crippen LogP contribution is -2.36. The van der Waals surface area contributed by atoms with Gasteiger partial charge >= 0.3 is 0 Å². The Bertz CT molecular complexity index is 835. The fourth-order valence-corrected chi connectivity index (χ4v) is 5.01. The Morgan fingerprint density at radius 3 is 3.08 bits per heavy atom. The van der Waals surface area contributed by atoms with Gasteiger partial charge in [-0.25, -0.2) is 4.98 Å². The van der Waals surface area contributed by atoms with E-state index in [1.165, 1.54) is 25.7 Å². The molecule has 1 aliphatic carbocycles. The van der Waals surface area contributed by atoms with E-state index in [9.17, 15) is 9.59 Å². The summed E-state index contributed by atoms with van der Waals surface area (Å²) in [4.78, 5) is 34.0. The molecular formula is C19H23N3O2S. The van der Waals surface area contributed by atoms with Crippen molar-refractivity contribution in [1.82, 2.24) is 14.9 Å². The minimum atomic E-state index is -0.0957. The molecule has 4 rings (SSSR count). The lowest BCUT2D eigenvalue weighted by Gasteiger charge is -2.23. The molecule has 2 aromatic rings. The smallest absolute Gasteiger partial charge is 0.258 e. The van der Waals surface area contributed by atoms with E-state index in [0.29, 0.717) is 35.3 Å². The summed E-state index contributed by atoms with van der Waals surface area (Å²) in [5.74, 6) is 3.12. The number of hydrogen-bond donors (Lipinski definition) is 1. The second kappa shape index (κ2) is 7.20. The van der Waals surface area contributed by atoms with Crippen molar-refractivity contribution in [1.29, 1.82) is 0 Å². The fraction of sp³-hybridized carbons (Fsp3) is 0.526. The van der Waals surface area contributed by atoms with E-state index in [1.807, 2.05) is 18.2 Å². The van der Waals surface area contributed by atoms with Crippen LogP contribution in [-0.4, -0.2) is 39.1 Å². The number of thioether (sulfide) groups is 1. The van der Waals surface area contributed by atoms with E-state index in [4.69, 9.17) is 0 Å². The average Bonchev–Trinajstić information content (AvgIpc) is 3.22. The Labute approximate surface area is 151 Å². The summed E-state index contributed by atoms with van der Waals surface area (Å²) in [5, 5.41) is 0.617. The Hall–Kier alpha value is -1.82. The van der Waals surface area contributed by atoms with Gasteiger partial charge in [0.15, 0.2) is 0 Å². The summed E-state index contributed by atoms with van der Waals surface area (Å²) >= 11 is 1.66. The quantitative estimate of drug-likeness (QED) is 0.836. The Morgan fingerprint density at radius 1 is 1.28 bits per heavy atom. The van der Waals surface area contributed by atoms with Gasteiger partial charge in [0, 0.05) is 24.8 Å². The van der Waals surface area contributed by atoms with Crippen LogP contribution in [0.5, 0.6) is 0 Å². The Balaban J connectivity index is 1.29. The summed E-state index contributed by atoms with van der Waals surface area (Å²) < 4.78 is 0. The van der Waals surface area contributed by atoms with Crippen LogP contribution < -0.4 is 5.56 Å². The van der Waals surface area contributed by atoms with Crippen LogP contribution in [0, 0.1) is 5.92 Å². The number of nitrogens with zero attached hydrogens (tertiary/aromatic N) is 2. The maximum Gasteiger partial charge on any atom is 0.258 e. The third kappa shape index (κ3) is 3.45. The standard InChI is InChI=1S/C19H23N3O2S/c23-18(22-10-8-13-4-3-7-16(13)22)9-11-25-12-17-20-15-6-2-1-5-14(15)19(24)21-17/h1-2,5-6,13,16H,3-4,7-12H2,(H,20,21,24). The maximum absolute atomic E-state index is 12.5. The summed E-state index contributed by atoms with van der Waals surface area (Å²) in [6, 6.07) is 7.87. The average molecular weight is 357 g/mol. The highest BCUT2D eigenvalue weighted by Gasteiger charge is 2.39. The number of fused-ring (bicyclic) bond motifs is 2. The third-order valence-corrected chi connectivity index (χ3v) is 6.41. The Kier molecular flexibility index (Phi) is 4.79. The lowest BCUT2D eigenvalue weighted by molar-refractivity contribution is -0.131. The molecule has 2 unspecified atom stereocenters.